The highest BCUT2D eigenvalue weighted by molar-refractivity contribution is 6.42. The van der Waals surface area contributed by atoms with Gasteiger partial charge in [-0.05, 0) is 35.3 Å². The van der Waals surface area contributed by atoms with E-state index in [0.717, 1.165) is 11.4 Å². The Kier molecular flexibility index (Phi) is 11.2. The Morgan fingerprint density at radius 2 is 1.52 bits per heavy atom. The van der Waals surface area contributed by atoms with Crippen molar-refractivity contribution in [1.29, 1.82) is 0 Å². The molecule has 0 saturated heterocycles. The molecule has 3 amide bonds. The minimum absolute atomic E-state index is 0.223. The summed E-state index contributed by atoms with van der Waals surface area (Å²) in [5, 5.41) is 6.01. The molecule has 0 heterocycles. The number of benzene rings is 2. The lowest BCUT2D eigenvalue weighted by molar-refractivity contribution is -0.165. The van der Waals surface area contributed by atoms with Gasteiger partial charge in [0.1, 0.15) is 12.6 Å². The third-order valence-electron chi connectivity index (χ3n) is 5.34. The third kappa shape index (κ3) is 9.30. The standard InChI is InChI=1S/C26H24Cl2F5N3O4/c1-14(2)20(22(38)26(32,33)24(40)34-13-25(29,30)31)36-23(39)21(16-6-4-3-5-7-16)35-19(37)11-9-15-8-10-17(27)18(28)12-15/h3-12,14,20-21H,13H2,1-2H3,(H,34,40)(H,35,37)(H,36,39)/b11-9+/t20-,21-/m0/s1. The fourth-order valence-electron chi connectivity index (χ4n) is 3.29. The van der Waals surface area contributed by atoms with E-state index in [-0.39, 0.29) is 10.6 Å². The Morgan fingerprint density at radius 1 is 0.900 bits per heavy atom. The van der Waals surface area contributed by atoms with Crippen LogP contribution in [0.15, 0.2) is 54.6 Å². The second kappa shape index (κ2) is 13.7. The van der Waals surface area contributed by atoms with Crippen molar-refractivity contribution in [2.45, 2.75) is 38.0 Å². The van der Waals surface area contributed by atoms with E-state index in [1.165, 1.54) is 56.3 Å². The van der Waals surface area contributed by atoms with E-state index in [4.69, 9.17) is 23.2 Å². The van der Waals surface area contributed by atoms with E-state index in [1.54, 1.807) is 12.1 Å². The van der Waals surface area contributed by atoms with Crippen LogP contribution in [-0.4, -0.2) is 48.2 Å². The maximum atomic E-state index is 14.5. The van der Waals surface area contributed by atoms with E-state index in [0.29, 0.717) is 10.6 Å². The van der Waals surface area contributed by atoms with E-state index in [1.807, 2.05) is 0 Å². The van der Waals surface area contributed by atoms with Crippen LogP contribution < -0.4 is 16.0 Å². The SMILES string of the molecule is CC(C)[C@H](NC(=O)[C@@H](NC(=O)/C=C/c1ccc(Cl)c(Cl)c1)c1ccccc1)C(=O)C(F)(F)C(=O)NCC(F)(F)F. The van der Waals surface area contributed by atoms with Gasteiger partial charge >= 0.3 is 12.1 Å². The summed E-state index contributed by atoms with van der Waals surface area (Å²) in [6.45, 7) is 0.483. The molecule has 0 bridgehead atoms. The number of amides is 3. The molecule has 0 saturated carbocycles. The molecule has 0 unspecified atom stereocenters. The number of hydrogen-bond acceptors (Lipinski definition) is 4. The molecule has 0 aliphatic carbocycles. The molecular formula is C26H24Cl2F5N3O4. The summed E-state index contributed by atoms with van der Waals surface area (Å²) in [5.74, 6) is -12.3. The molecule has 0 aliphatic heterocycles. The van der Waals surface area contributed by atoms with Crippen LogP contribution in [0.25, 0.3) is 6.08 Å². The maximum Gasteiger partial charge on any atom is 0.405 e. The first-order valence-corrected chi connectivity index (χ1v) is 12.3. The molecule has 14 heteroatoms. The summed E-state index contributed by atoms with van der Waals surface area (Å²) in [5.41, 5.74) is 0.725. The predicted octanol–water partition coefficient (Wildman–Crippen LogP) is 4.89. The zero-order valence-electron chi connectivity index (χ0n) is 21.0. The highest BCUT2D eigenvalue weighted by Gasteiger charge is 2.52. The van der Waals surface area contributed by atoms with Gasteiger partial charge < -0.3 is 16.0 Å². The number of ketones is 1. The van der Waals surface area contributed by atoms with Crippen molar-refractivity contribution < 1.29 is 41.1 Å². The predicted molar refractivity (Wildman–Crippen MR) is 139 cm³/mol. The first-order valence-electron chi connectivity index (χ1n) is 11.6. The van der Waals surface area contributed by atoms with Crippen LogP contribution in [0.5, 0.6) is 0 Å². The normalized spacial score (nSPS) is 13.6. The third-order valence-corrected chi connectivity index (χ3v) is 6.08. The molecule has 216 valence electrons. The summed E-state index contributed by atoms with van der Waals surface area (Å²) in [4.78, 5) is 50.1. The Morgan fingerprint density at radius 3 is 2.08 bits per heavy atom. The van der Waals surface area contributed by atoms with Crippen LogP contribution in [-0.2, 0) is 19.2 Å². The maximum absolute atomic E-state index is 14.5. The van der Waals surface area contributed by atoms with Gasteiger partial charge in [0, 0.05) is 6.08 Å². The average Bonchev–Trinajstić information content (AvgIpc) is 2.88. The van der Waals surface area contributed by atoms with Gasteiger partial charge in [-0.15, -0.1) is 0 Å². The smallest absolute Gasteiger partial charge is 0.344 e. The second-order valence-electron chi connectivity index (χ2n) is 8.83. The number of carbonyl (C=O) groups excluding carboxylic acids is 4. The van der Waals surface area contributed by atoms with E-state index >= 15 is 0 Å². The Hall–Kier alpha value is -3.51. The molecular weight excluding hydrogens is 584 g/mol. The molecule has 0 radical (unpaired) electrons. The largest absolute Gasteiger partial charge is 0.405 e. The fourth-order valence-corrected chi connectivity index (χ4v) is 3.60. The van der Waals surface area contributed by atoms with Crippen molar-refractivity contribution in [3.63, 3.8) is 0 Å². The summed E-state index contributed by atoms with van der Waals surface area (Å²) >= 11 is 11.8. The summed E-state index contributed by atoms with van der Waals surface area (Å²) in [6, 6.07) is 8.70. The van der Waals surface area contributed by atoms with Crippen molar-refractivity contribution >= 4 is 52.8 Å². The molecule has 0 fully saturated rings. The molecule has 3 N–H and O–H groups in total. The first kappa shape index (κ1) is 32.7. The van der Waals surface area contributed by atoms with Gasteiger partial charge in [-0.25, -0.2) is 0 Å². The van der Waals surface area contributed by atoms with Crippen LogP contribution in [0.3, 0.4) is 0 Å². The number of alkyl halides is 5. The van der Waals surface area contributed by atoms with Crippen molar-refractivity contribution in [3.05, 3.63) is 75.8 Å². The van der Waals surface area contributed by atoms with Crippen LogP contribution in [0.1, 0.15) is 31.0 Å². The van der Waals surface area contributed by atoms with Crippen molar-refractivity contribution in [1.82, 2.24) is 16.0 Å². The van der Waals surface area contributed by atoms with Crippen molar-refractivity contribution in [2.24, 2.45) is 5.92 Å². The molecule has 0 aromatic heterocycles. The summed E-state index contributed by atoms with van der Waals surface area (Å²) in [6.07, 6.45) is -2.54. The number of hydrogen-bond donors (Lipinski definition) is 3. The lowest BCUT2D eigenvalue weighted by atomic mass is 9.94. The monoisotopic (exact) mass is 607 g/mol. The summed E-state index contributed by atoms with van der Waals surface area (Å²) in [7, 11) is 0. The van der Waals surface area contributed by atoms with Crippen molar-refractivity contribution in [3.8, 4) is 0 Å². The fraction of sp³-hybridized carbons (Fsp3) is 0.308. The number of nitrogens with one attached hydrogen (secondary N) is 3. The van der Waals surface area contributed by atoms with Gasteiger partial charge in [0.2, 0.25) is 17.6 Å². The number of halogens is 7. The zero-order valence-corrected chi connectivity index (χ0v) is 22.5. The van der Waals surface area contributed by atoms with Gasteiger partial charge in [0.05, 0.1) is 16.1 Å². The zero-order chi connectivity index (χ0) is 30.3. The molecule has 2 aromatic carbocycles. The van der Waals surface area contributed by atoms with Gasteiger partial charge in [-0.1, -0.05) is 73.4 Å². The minimum atomic E-state index is -4.99. The molecule has 0 spiro atoms. The van der Waals surface area contributed by atoms with E-state index in [9.17, 15) is 41.1 Å². The van der Waals surface area contributed by atoms with Crippen LogP contribution in [0, 0.1) is 5.92 Å². The van der Waals surface area contributed by atoms with Gasteiger partial charge in [-0.2, -0.15) is 22.0 Å². The quantitative estimate of drug-likeness (QED) is 0.192. The Bertz CT molecular complexity index is 1270. The number of rotatable bonds is 11. The van der Waals surface area contributed by atoms with Crippen LogP contribution in [0.4, 0.5) is 22.0 Å². The topological polar surface area (TPSA) is 104 Å². The van der Waals surface area contributed by atoms with Gasteiger partial charge in [0.15, 0.2) is 0 Å². The molecule has 7 nitrogen and oxygen atoms in total. The second-order valence-corrected chi connectivity index (χ2v) is 9.64. The van der Waals surface area contributed by atoms with Crippen LogP contribution in [0.2, 0.25) is 10.0 Å². The average molecular weight is 608 g/mol. The molecule has 0 aliphatic rings. The first-order chi connectivity index (χ1) is 18.5. The highest BCUT2D eigenvalue weighted by atomic mass is 35.5. The van der Waals surface area contributed by atoms with E-state index in [2.05, 4.69) is 10.6 Å². The lowest BCUT2D eigenvalue weighted by Gasteiger charge is -2.27. The molecule has 2 rings (SSSR count). The number of Topliss-reactive ketones (excluding diaryl/α,β-unsaturated/α-hetero) is 1. The highest BCUT2D eigenvalue weighted by Crippen LogP contribution is 2.24. The van der Waals surface area contributed by atoms with Gasteiger partial charge in [0.25, 0.3) is 5.91 Å². The minimum Gasteiger partial charge on any atom is -0.344 e. The Balaban J connectivity index is 2.26. The molecule has 2 atom stereocenters. The molecule has 40 heavy (non-hydrogen) atoms. The van der Waals surface area contributed by atoms with Crippen molar-refractivity contribution in [2.75, 3.05) is 6.54 Å². The van der Waals surface area contributed by atoms with Gasteiger partial charge in [-0.3, -0.25) is 19.2 Å². The molecule has 2 aromatic rings. The lowest BCUT2D eigenvalue weighted by Crippen LogP contribution is -2.58. The number of carbonyl (C=O) groups is 4. The van der Waals surface area contributed by atoms with Crippen LogP contribution >= 0.6 is 23.2 Å². The Labute approximate surface area is 236 Å². The van der Waals surface area contributed by atoms with E-state index < -0.39 is 60.1 Å². The summed E-state index contributed by atoms with van der Waals surface area (Å²) < 4.78 is 66.1.